The van der Waals surface area contributed by atoms with Gasteiger partial charge in [-0.25, -0.2) is 0 Å². The van der Waals surface area contributed by atoms with Crippen molar-refractivity contribution in [1.82, 2.24) is 15.2 Å². The molecule has 5 nitrogen and oxygen atoms in total. The molecule has 1 aromatic carbocycles. The van der Waals surface area contributed by atoms with Gasteiger partial charge in [0.15, 0.2) is 0 Å². The summed E-state index contributed by atoms with van der Waals surface area (Å²) in [6.45, 7) is 2.79. The molecule has 0 aliphatic heterocycles. The van der Waals surface area contributed by atoms with Crippen molar-refractivity contribution in [3.63, 3.8) is 0 Å². The summed E-state index contributed by atoms with van der Waals surface area (Å²) >= 11 is 0. The van der Waals surface area contributed by atoms with Crippen LogP contribution in [0.3, 0.4) is 0 Å². The molecule has 0 fully saturated rings. The van der Waals surface area contributed by atoms with E-state index in [0.717, 1.165) is 23.3 Å². The Morgan fingerprint density at radius 2 is 1.76 bits per heavy atom. The molecular formula is C16H15N3O2. The van der Waals surface area contributed by atoms with Crippen molar-refractivity contribution in [3.8, 4) is 28.7 Å². The van der Waals surface area contributed by atoms with E-state index >= 15 is 0 Å². The smallest absolute Gasteiger partial charge is 0.249 e. The van der Waals surface area contributed by atoms with Gasteiger partial charge in [0.25, 0.3) is 0 Å². The monoisotopic (exact) mass is 281 g/mol. The average Bonchev–Trinajstić information content (AvgIpc) is 3.04. The summed E-state index contributed by atoms with van der Waals surface area (Å²) in [6, 6.07) is 11.3. The number of hydrogen-bond donors (Lipinski definition) is 0. The second kappa shape index (κ2) is 6.17. The van der Waals surface area contributed by atoms with Crippen molar-refractivity contribution in [2.75, 3.05) is 6.61 Å². The predicted octanol–water partition coefficient (Wildman–Crippen LogP) is 3.59. The first-order valence-corrected chi connectivity index (χ1v) is 6.84. The summed E-state index contributed by atoms with van der Waals surface area (Å²) in [5.41, 5.74) is 1.67. The lowest BCUT2D eigenvalue weighted by molar-refractivity contribution is 0.317. The second-order valence-electron chi connectivity index (χ2n) is 4.53. The van der Waals surface area contributed by atoms with Gasteiger partial charge in [-0.3, -0.25) is 4.98 Å². The first kappa shape index (κ1) is 13.3. The van der Waals surface area contributed by atoms with E-state index in [9.17, 15) is 0 Å². The highest BCUT2D eigenvalue weighted by Crippen LogP contribution is 2.24. The van der Waals surface area contributed by atoms with Gasteiger partial charge >= 0.3 is 0 Å². The Balaban J connectivity index is 1.80. The van der Waals surface area contributed by atoms with E-state index in [4.69, 9.17) is 9.15 Å². The van der Waals surface area contributed by atoms with Gasteiger partial charge in [0.05, 0.1) is 12.2 Å². The molecule has 2 heterocycles. The molecule has 0 saturated carbocycles. The quantitative estimate of drug-likeness (QED) is 0.715. The maximum atomic E-state index is 5.67. The van der Waals surface area contributed by atoms with Crippen molar-refractivity contribution in [3.05, 3.63) is 48.8 Å². The van der Waals surface area contributed by atoms with Gasteiger partial charge in [-0.1, -0.05) is 6.92 Å². The zero-order valence-corrected chi connectivity index (χ0v) is 11.7. The highest BCUT2D eigenvalue weighted by atomic mass is 16.5. The van der Waals surface area contributed by atoms with E-state index in [1.165, 1.54) is 0 Å². The fraction of sp³-hybridized carbons (Fsp3) is 0.188. The van der Waals surface area contributed by atoms with Crippen LogP contribution in [0.5, 0.6) is 5.75 Å². The SMILES string of the molecule is CCCOc1ccc(-c2nnc(-c3cccnc3)o2)cc1. The van der Waals surface area contributed by atoms with Gasteiger partial charge in [-0.2, -0.15) is 0 Å². The van der Waals surface area contributed by atoms with Crippen molar-refractivity contribution < 1.29 is 9.15 Å². The van der Waals surface area contributed by atoms with Gasteiger partial charge in [-0.15, -0.1) is 10.2 Å². The van der Waals surface area contributed by atoms with E-state index in [1.807, 2.05) is 36.4 Å². The number of nitrogens with zero attached hydrogens (tertiary/aromatic N) is 3. The fourth-order valence-corrected chi connectivity index (χ4v) is 1.86. The van der Waals surface area contributed by atoms with Crippen LogP contribution < -0.4 is 4.74 Å². The third-order valence-corrected chi connectivity index (χ3v) is 2.91. The lowest BCUT2D eigenvalue weighted by atomic mass is 10.2. The molecule has 0 amide bonds. The molecule has 2 aromatic heterocycles. The van der Waals surface area contributed by atoms with E-state index in [-0.39, 0.29) is 0 Å². The Morgan fingerprint density at radius 3 is 2.43 bits per heavy atom. The van der Waals surface area contributed by atoms with Gasteiger partial charge in [0.2, 0.25) is 11.8 Å². The van der Waals surface area contributed by atoms with Crippen LogP contribution in [0.25, 0.3) is 22.9 Å². The summed E-state index contributed by atoms with van der Waals surface area (Å²) < 4.78 is 11.2. The van der Waals surface area contributed by atoms with Gasteiger partial charge in [0.1, 0.15) is 5.75 Å². The van der Waals surface area contributed by atoms with Crippen LogP contribution in [0.4, 0.5) is 0 Å². The molecular weight excluding hydrogens is 266 g/mol. The van der Waals surface area contributed by atoms with Crippen molar-refractivity contribution >= 4 is 0 Å². The highest BCUT2D eigenvalue weighted by Gasteiger charge is 2.10. The Morgan fingerprint density at radius 1 is 1.00 bits per heavy atom. The zero-order chi connectivity index (χ0) is 14.5. The van der Waals surface area contributed by atoms with Crippen LogP contribution in [0, 0.1) is 0 Å². The minimum Gasteiger partial charge on any atom is -0.494 e. The third kappa shape index (κ3) is 3.08. The maximum Gasteiger partial charge on any atom is 0.249 e. The van der Waals surface area contributed by atoms with Crippen molar-refractivity contribution in [2.24, 2.45) is 0 Å². The lowest BCUT2D eigenvalue weighted by Gasteiger charge is -2.03. The van der Waals surface area contributed by atoms with Crippen LogP contribution >= 0.6 is 0 Å². The molecule has 3 aromatic rings. The molecule has 3 rings (SSSR count). The Kier molecular flexibility index (Phi) is 3.91. The molecule has 0 saturated heterocycles. The number of rotatable bonds is 5. The molecule has 5 heteroatoms. The molecule has 0 aliphatic rings. The number of aromatic nitrogens is 3. The third-order valence-electron chi connectivity index (χ3n) is 2.91. The fourth-order valence-electron chi connectivity index (χ4n) is 1.86. The van der Waals surface area contributed by atoms with Gasteiger partial charge in [-0.05, 0) is 42.8 Å². The number of hydrogen-bond acceptors (Lipinski definition) is 5. The summed E-state index contributed by atoms with van der Waals surface area (Å²) in [6.07, 6.45) is 4.38. The largest absolute Gasteiger partial charge is 0.494 e. The average molecular weight is 281 g/mol. The molecule has 0 atom stereocenters. The Bertz CT molecular complexity index is 693. The van der Waals surface area contributed by atoms with Crippen LogP contribution in [0.1, 0.15) is 13.3 Å². The first-order chi connectivity index (χ1) is 10.4. The second-order valence-corrected chi connectivity index (χ2v) is 4.53. The van der Waals surface area contributed by atoms with E-state index in [2.05, 4.69) is 22.1 Å². The molecule has 21 heavy (non-hydrogen) atoms. The minimum absolute atomic E-state index is 0.462. The lowest BCUT2D eigenvalue weighted by Crippen LogP contribution is -1.94. The summed E-state index contributed by atoms with van der Waals surface area (Å²) in [5.74, 6) is 1.79. The summed E-state index contributed by atoms with van der Waals surface area (Å²) in [5, 5.41) is 8.12. The minimum atomic E-state index is 0.462. The molecule has 0 aliphatic carbocycles. The first-order valence-electron chi connectivity index (χ1n) is 6.84. The van der Waals surface area contributed by atoms with Gasteiger partial charge in [0, 0.05) is 18.0 Å². The van der Waals surface area contributed by atoms with Gasteiger partial charge < -0.3 is 9.15 Å². The highest BCUT2D eigenvalue weighted by molar-refractivity contribution is 5.57. The van der Waals surface area contributed by atoms with Crippen LogP contribution in [0.2, 0.25) is 0 Å². The van der Waals surface area contributed by atoms with Crippen molar-refractivity contribution in [1.29, 1.82) is 0 Å². The number of benzene rings is 1. The molecule has 0 unspecified atom stereocenters. The summed E-state index contributed by atoms with van der Waals surface area (Å²) in [4.78, 5) is 4.04. The van der Waals surface area contributed by atoms with Crippen molar-refractivity contribution in [2.45, 2.75) is 13.3 Å². The van der Waals surface area contributed by atoms with E-state index < -0.39 is 0 Å². The predicted molar refractivity (Wildman–Crippen MR) is 78.8 cm³/mol. The summed E-state index contributed by atoms with van der Waals surface area (Å²) in [7, 11) is 0. The molecule has 106 valence electrons. The molecule has 0 radical (unpaired) electrons. The number of pyridine rings is 1. The van der Waals surface area contributed by atoms with E-state index in [1.54, 1.807) is 12.4 Å². The normalized spacial score (nSPS) is 10.5. The van der Waals surface area contributed by atoms with Crippen LogP contribution in [-0.2, 0) is 0 Å². The molecule has 0 spiro atoms. The zero-order valence-electron chi connectivity index (χ0n) is 11.7. The van der Waals surface area contributed by atoms with E-state index in [0.29, 0.717) is 18.4 Å². The van der Waals surface area contributed by atoms with Crippen LogP contribution in [0.15, 0.2) is 53.2 Å². The molecule has 0 N–H and O–H groups in total. The topological polar surface area (TPSA) is 61.0 Å². The molecule has 0 bridgehead atoms. The Hall–Kier alpha value is -2.69. The standard InChI is InChI=1S/C16H15N3O2/c1-2-10-20-14-7-5-12(6-8-14)15-18-19-16(21-15)13-4-3-9-17-11-13/h3-9,11H,2,10H2,1H3. The Labute approximate surface area is 122 Å². The van der Waals surface area contributed by atoms with Crippen LogP contribution in [-0.4, -0.2) is 21.8 Å². The number of ether oxygens (including phenoxy) is 1. The maximum absolute atomic E-state index is 5.67.